The van der Waals surface area contributed by atoms with Crippen LogP contribution in [0.4, 0.5) is 18.9 Å². The fraction of sp³-hybridized carbons (Fsp3) is 0.250. The van der Waals surface area contributed by atoms with Gasteiger partial charge in [0.15, 0.2) is 11.4 Å². The lowest BCUT2D eigenvalue weighted by Gasteiger charge is -2.27. The Morgan fingerprint density at radius 1 is 1.24 bits per heavy atom. The van der Waals surface area contributed by atoms with E-state index in [9.17, 15) is 33.1 Å². The second-order valence-electron chi connectivity index (χ2n) is 8.47. The number of hydrogen-bond donors (Lipinski definition) is 2. The molecule has 0 fully saturated rings. The first-order valence-electron chi connectivity index (χ1n) is 11.0. The van der Waals surface area contributed by atoms with E-state index in [0.717, 1.165) is 15.5 Å². The average Bonchev–Trinajstić information content (AvgIpc) is 3.52. The highest BCUT2D eigenvalue weighted by Gasteiger charge is 2.42. The summed E-state index contributed by atoms with van der Waals surface area (Å²) in [6.07, 6.45) is -1.35. The number of amides is 1. The summed E-state index contributed by atoms with van der Waals surface area (Å²) in [4.78, 5) is 29.9. The number of aromatic nitrogens is 5. The van der Waals surface area contributed by atoms with Crippen LogP contribution < -0.4 is 10.9 Å². The number of hydrogen-bond acceptors (Lipinski definition) is 8. The van der Waals surface area contributed by atoms with Crippen molar-refractivity contribution in [2.75, 3.05) is 5.32 Å². The number of carbonyl (C=O) groups excluding carboxylic acids is 1. The molecule has 0 saturated carbocycles. The smallest absolute Gasteiger partial charge is 0.435 e. The second kappa shape index (κ2) is 9.85. The molecule has 2 N–H and O–H groups in total. The fourth-order valence-corrected chi connectivity index (χ4v) is 4.31. The molecule has 0 saturated heterocycles. The third kappa shape index (κ3) is 4.73. The van der Waals surface area contributed by atoms with Gasteiger partial charge < -0.3 is 14.9 Å². The van der Waals surface area contributed by atoms with Crippen LogP contribution in [0.2, 0.25) is 0 Å². The molecule has 0 aliphatic rings. The molecule has 196 valence electrons. The molecule has 3 heterocycles. The number of aryl methyl sites for hydroxylation is 1. The molecule has 0 radical (unpaired) electrons. The van der Waals surface area contributed by atoms with Crippen LogP contribution in [0.1, 0.15) is 57.5 Å². The number of nitrogens with zero attached hydrogens (tertiary/aromatic N) is 6. The number of anilines is 1. The summed E-state index contributed by atoms with van der Waals surface area (Å²) in [5.41, 5.74) is -2.60. The Morgan fingerprint density at radius 3 is 2.58 bits per heavy atom. The molecule has 4 rings (SSSR count). The molecule has 4 aromatic rings. The van der Waals surface area contributed by atoms with Crippen LogP contribution in [-0.2, 0) is 20.3 Å². The van der Waals surface area contributed by atoms with Crippen molar-refractivity contribution in [3.63, 3.8) is 0 Å². The number of rotatable bonds is 6. The molecule has 0 spiro atoms. The van der Waals surface area contributed by atoms with Gasteiger partial charge in [-0.2, -0.15) is 23.5 Å². The topological polar surface area (TPSA) is 152 Å². The Hall–Kier alpha value is -4.93. The molecule has 0 aliphatic heterocycles. The van der Waals surface area contributed by atoms with Crippen molar-refractivity contribution in [1.82, 2.24) is 24.5 Å². The zero-order valence-corrected chi connectivity index (χ0v) is 20.2. The third-order valence-corrected chi connectivity index (χ3v) is 5.99. The summed E-state index contributed by atoms with van der Waals surface area (Å²) in [5, 5.41) is 29.5. The van der Waals surface area contributed by atoms with Gasteiger partial charge in [0.1, 0.15) is 17.8 Å². The zero-order chi connectivity index (χ0) is 27.8. The summed E-state index contributed by atoms with van der Waals surface area (Å²) in [6.45, 7) is 1.51. The van der Waals surface area contributed by atoms with E-state index in [1.807, 2.05) is 6.07 Å². The van der Waals surface area contributed by atoms with Gasteiger partial charge in [-0.3, -0.25) is 18.8 Å². The number of nitrogens with one attached hydrogen (secondary N) is 1. The van der Waals surface area contributed by atoms with Gasteiger partial charge in [0.05, 0.1) is 17.8 Å². The number of carbonyl (C=O) groups is 1. The first kappa shape index (κ1) is 26.1. The van der Waals surface area contributed by atoms with E-state index in [0.29, 0.717) is 0 Å². The van der Waals surface area contributed by atoms with E-state index < -0.39 is 46.6 Å². The molecular weight excluding hydrogens is 507 g/mol. The van der Waals surface area contributed by atoms with E-state index in [1.165, 1.54) is 45.5 Å². The average molecular weight is 527 g/mol. The number of benzene rings is 1. The molecule has 38 heavy (non-hydrogen) atoms. The van der Waals surface area contributed by atoms with Gasteiger partial charge in [-0.25, -0.2) is 4.98 Å². The van der Waals surface area contributed by atoms with Crippen LogP contribution in [0.25, 0.3) is 0 Å². The normalized spacial score (nSPS) is 13.1. The van der Waals surface area contributed by atoms with Crippen LogP contribution in [0, 0.1) is 11.3 Å². The highest BCUT2D eigenvalue weighted by atomic mass is 19.4. The maximum atomic E-state index is 14.0. The molecule has 1 amide bonds. The van der Waals surface area contributed by atoms with Crippen LogP contribution in [0.5, 0.6) is 5.75 Å². The fourth-order valence-electron chi connectivity index (χ4n) is 4.31. The van der Waals surface area contributed by atoms with Crippen molar-refractivity contribution in [1.29, 1.82) is 5.26 Å². The van der Waals surface area contributed by atoms with E-state index in [2.05, 4.69) is 25.1 Å². The van der Waals surface area contributed by atoms with Gasteiger partial charge in [-0.15, -0.1) is 0 Å². The van der Waals surface area contributed by atoms with Crippen molar-refractivity contribution >= 4 is 11.6 Å². The Balaban J connectivity index is 1.94. The lowest BCUT2D eigenvalue weighted by atomic mass is 9.79. The summed E-state index contributed by atoms with van der Waals surface area (Å²) in [6, 6.07) is 8.09. The monoisotopic (exact) mass is 527 g/mol. The first-order chi connectivity index (χ1) is 17.9. The number of aromatic hydroxyl groups is 1. The van der Waals surface area contributed by atoms with Crippen molar-refractivity contribution < 1.29 is 27.6 Å². The number of alkyl halides is 3. The largest absolute Gasteiger partial charge is 0.501 e. The zero-order valence-electron chi connectivity index (χ0n) is 20.2. The van der Waals surface area contributed by atoms with Gasteiger partial charge in [0, 0.05) is 37.7 Å². The SMILES string of the molecule is C[C@@H](c1nc(C(=O)Nc2cnoc2)c(O)c(=O)n1C)[C@@H](c1ccccc1C#N)c1cn(C)nc1C(F)(F)F. The molecule has 0 bridgehead atoms. The summed E-state index contributed by atoms with van der Waals surface area (Å²) >= 11 is 0. The van der Waals surface area contributed by atoms with E-state index >= 15 is 0 Å². The lowest BCUT2D eigenvalue weighted by molar-refractivity contribution is -0.142. The van der Waals surface area contributed by atoms with Crippen molar-refractivity contribution in [2.24, 2.45) is 14.1 Å². The molecule has 14 heteroatoms. The summed E-state index contributed by atoms with van der Waals surface area (Å²) < 4.78 is 48.7. The van der Waals surface area contributed by atoms with E-state index in [1.54, 1.807) is 12.1 Å². The predicted octanol–water partition coefficient (Wildman–Crippen LogP) is 3.29. The summed E-state index contributed by atoms with van der Waals surface area (Å²) in [5.74, 6) is -4.23. The highest BCUT2D eigenvalue weighted by molar-refractivity contribution is 6.04. The molecule has 0 unspecified atom stereocenters. The number of halogens is 3. The first-order valence-corrected chi connectivity index (χ1v) is 11.0. The Kier molecular flexibility index (Phi) is 6.77. The standard InChI is InChI=1S/C24H20F3N7O4/c1-12(21-31-18(19(35)23(37)34(21)3)22(36)30-14-9-29-38-11-14)17(15-7-5-4-6-13(15)8-28)16-10-33(2)32-20(16)24(25,26)27/h4-7,9-12,17,35H,1-3H3,(H,30,36)/t12-,17+/m1/s1. The van der Waals surface area contributed by atoms with Crippen molar-refractivity contribution in [2.45, 2.75) is 24.9 Å². The molecule has 1 aromatic carbocycles. The lowest BCUT2D eigenvalue weighted by Crippen LogP contribution is -2.30. The van der Waals surface area contributed by atoms with Crippen LogP contribution in [0.15, 0.2) is 52.2 Å². The van der Waals surface area contributed by atoms with Gasteiger partial charge in [0.25, 0.3) is 11.5 Å². The van der Waals surface area contributed by atoms with Gasteiger partial charge in [-0.05, 0) is 11.6 Å². The second-order valence-corrected chi connectivity index (χ2v) is 8.47. The maximum Gasteiger partial charge on any atom is 0.435 e. The highest BCUT2D eigenvalue weighted by Crippen LogP contribution is 2.44. The number of nitriles is 1. The van der Waals surface area contributed by atoms with Crippen molar-refractivity contribution in [3.05, 3.63) is 87.2 Å². The maximum absolute atomic E-state index is 14.0. The van der Waals surface area contributed by atoms with Crippen LogP contribution in [0.3, 0.4) is 0 Å². The van der Waals surface area contributed by atoms with E-state index in [4.69, 9.17) is 0 Å². The van der Waals surface area contributed by atoms with Crippen LogP contribution >= 0.6 is 0 Å². The minimum atomic E-state index is -4.83. The third-order valence-electron chi connectivity index (χ3n) is 5.99. The minimum Gasteiger partial charge on any atom is -0.501 e. The Morgan fingerprint density at radius 2 is 1.95 bits per heavy atom. The van der Waals surface area contributed by atoms with Crippen molar-refractivity contribution in [3.8, 4) is 11.8 Å². The Labute approximate surface area is 212 Å². The van der Waals surface area contributed by atoms with Gasteiger partial charge in [0.2, 0.25) is 5.75 Å². The molecule has 2 atom stereocenters. The quantitative estimate of drug-likeness (QED) is 0.388. The summed E-state index contributed by atoms with van der Waals surface area (Å²) in [7, 11) is 2.60. The van der Waals surface area contributed by atoms with Gasteiger partial charge >= 0.3 is 6.18 Å². The molecule has 11 nitrogen and oxygen atoms in total. The molecule has 3 aromatic heterocycles. The van der Waals surface area contributed by atoms with Crippen LogP contribution in [-0.4, -0.2) is 35.5 Å². The van der Waals surface area contributed by atoms with E-state index in [-0.39, 0.29) is 28.2 Å². The molecular formula is C24H20F3N7O4. The minimum absolute atomic E-state index is 0.107. The Bertz CT molecular complexity index is 1600. The van der Waals surface area contributed by atoms with Gasteiger partial charge in [-0.1, -0.05) is 30.3 Å². The predicted molar refractivity (Wildman–Crippen MR) is 125 cm³/mol. The molecule has 0 aliphatic carbocycles.